The number of H-pyrrole nitrogens is 1. The van der Waals surface area contributed by atoms with Crippen LogP contribution in [0, 0.1) is 0 Å². The first-order chi connectivity index (χ1) is 21.5. The quantitative estimate of drug-likeness (QED) is 0.251. The molecule has 8 rings (SSSR count). The lowest BCUT2D eigenvalue weighted by Crippen LogP contribution is -2.50. The number of nitrogens with one attached hydrogen (secondary N) is 1. The second-order valence-electron chi connectivity index (χ2n) is 12.5. The van der Waals surface area contributed by atoms with E-state index in [4.69, 9.17) is 4.74 Å². The Kier molecular flexibility index (Phi) is 6.53. The van der Waals surface area contributed by atoms with Crippen LogP contribution in [0.4, 0.5) is 5.69 Å². The molecule has 1 saturated carbocycles. The Labute approximate surface area is 256 Å². The van der Waals surface area contributed by atoms with E-state index in [0.29, 0.717) is 53.7 Å². The zero-order chi connectivity index (χ0) is 29.9. The Morgan fingerprint density at radius 3 is 2.73 bits per heavy atom. The molecule has 224 valence electrons. The van der Waals surface area contributed by atoms with Gasteiger partial charge in [-0.2, -0.15) is 5.10 Å². The lowest BCUT2D eigenvalue weighted by atomic mass is 9.96. The number of hydrogen-bond acceptors (Lipinski definition) is 6. The molecule has 5 aromatic rings. The molecule has 2 N–H and O–H groups in total. The summed E-state index contributed by atoms with van der Waals surface area (Å²) >= 11 is 0. The monoisotopic (exact) mass is 588 g/mol. The summed E-state index contributed by atoms with van der Waals surface area (Å²) < 4.78 is 8.14. The third kappa shape index (κ3) is 4.58. The zero-order valence-electron chi connectivity index (χ0n) is 25.0. The van der Waals surface area contributed by atoms with Crippen LogP contribution in [0.1, 0.15) is 60.1 Å². The number of carbonyl (C=O) groups is 1. The van der Waals surface area contributed by atoms with E-state index < -0.39 is 0 Å². The van der Waals surface area contributed by atoms with Gasteiger partial charge in [-0.1, -0.05) is 18.2 Å². The molecule has 3 aromatic heterocycles. The molecule has 0 radical (unpaired) electrons. The summed E-state index contributed by atoms with van der Waals surface area (Å²) in [6, 6.07) is 16.8. The summed E-state index contributed by atoms with van der Waals surface area (Å²) in [4.78, 5) is 26.2. The summed E-state index contributed by atoms with van der Waals surface area (Å²) in [7, 11) is 0. The molecule has 1 saturated heterocycles. The van der Waals surface area contributed by atoms with Crippen molar-refractivity contribution in [2.45, 2.75) is 51.3 Å². The van der Waals surface area contributed by atoms with Crippen LogP contribution in [0.15, 0.2) is 67.1 Å². The van der Waals surface area contributed by atoms with Crippen LogP contribution in [-0.2, 0) is 6.61 Å². The molecule has 3 aliphatic rings. The lowest BCUT2D eigenvalue weighted by Gasteiger charge is -2.41. The molecule has 0 atom stereocenters. The number of nitrogens with zero attached hydrogens (tertiary/aromatic N) is 5. The fourth-order valence-corrected chi connectivity index (χ4v) is 6.65. The smallest absolute Gasteiger partial charge is 0.262 e. The van der Waals surface area contributed by atoms with Gasteiger partial charge in [0.1, 0.15) is 18.0 Å². The largest absolute Gasteiger partial charge is 0.491 e. The third-order valence-electron chi connectivity index (χ3n) is 9.43. The van der Waals surface area contributed by atoms with E-state index in [0.717, 1.165) is 46.5 Å². The molecular weight excluding hydrogens is 552 g/mol. The topological polar surface area (TPSA) is 99.5 Å². The van der Waals surface area contributed by atoms with Gasteiger partial charge in [0.15, 0.2) is 0 Å². The van der Waals surface area contributed by atoms with Crippen molar-refractivity contribution in [3.8, 4) is 28.1 Å². The summed E-state index contributed by atoms with van der Waals surface area (Å²) in [6.07, 6.45) is 8.17. The number of aromatic nitrogens is 4. The maximum atomic E-state index is 13.9. The van der Waals surface area contributed by atoms with Gasteiger partial charge >= 0.3 is 0 Å². The van der Waals surface area contributed by atoms with Crippen LogP contribution in [0.5, 0.6) is 5.75 Å². The first-order valence-corrected chi connectivity index (χ1v) is 15.6. The maximum Gasteiger partial charge on any atom is 0.262 e. The van der Waals surface area contributed by atoms with Crippen molar-refractivity contribution in [3.05, 3.63) is 83.8 Å². The lowest BCUT2D eigenvalue weighted by molar-refractivity contribution is 0.0675. The van der Waals surface area contributed by atoms with Gasteiger partial charge in [-0.3, -0.25) is 14.4 Å². The van der Waals surface area contributed by atoms with E-state index in [2.05, 4.69) is 56.8 Å². The van der Waals surface area contributed by atoms with Gasteiger partial charge in [-0.15, -0.1) is 0 Å². The molecule has 1 aliphatic carbocycles. The highest BCUT2D eigenvalue weighted by molar-refractivity contribution is 6.09. The molecule has 2 aromatic carbocycles. The Morgan fingerprint density at radius 2 is 1.93 bits per heavy atom. The minimum Gasteiger partial charge on any atom is -0.491 e. The van der Waals surface area contributed by atoms with Crippen LogP contribution in [0.25, 0.3) is 33.4 Å². The Hall–Kier alpha value is -4.47. The van der Waals surface area contributed by atoms with E-state index in [1.165, 1.54) is 18.4 Å². The van der Waals surface area contributed by atoms with Crippen LogP contribution < -0.4 is 9.64 Å². The Bertz CT molecular complexity index is 1880. The molecule has 9 nitrogen and oxygen atoms in total. The van der Waals surface area contributed by atoms with E-state index in [9.17, 15) is 9.90 Å². The van der Waals surface area contributed by atoms with E-state index in [1.807, 2.05) is 42.6 Å². The molecule has 5 heterocycles. The number of rotatable bonds is 7. The standard InChI is InChI=1S/C35H36N6O3/c1-21(2)39-18-25(19-39)41-17-24(16-37-41)31-15-29-27(10-11-36-34(29)38-31)26-4-3-5-32(30(26)20-42)40-12-13-44-33-14-23(22-6-7-22)8-9-28(33)35(40)43/h3-5,8-11,14-17,21-22,25,42H,6-7,12-13,18-20H2,1-2H3,(H,36,38). The molecule has 44 heavy (non-hydrogen) atoms. The molecule has 9 heteroatoms. The summed E-state index contributed by atoms with van der Waals surface area (Å²) in [5.74, 6) is 1.12. The van der Waals surface area contributed by atoms with Crippen molar-refractivity contribution in [2.24, 2.45) is 0 Å². The number of pyridine rings is 1. The SMILES string of the molecule is CC(C)N1CC(n2cc(-c3cc4c(-c5cccc(N6CCOc7cc(C8CC8)ccc7C6=O)c5CO)ccnc4[nH]3)cn2)C1. The maximum absolute atomic E-state index is 13.9. The number of aliphatic hydroxyl groups is 1. The number of anilines is 1. The van der Waals surface area contributed by atoms with Crippen molar-refractivity contribution in [3.63, 3.8) is 0 Å². The molecule has 0 bridgehead atoms. The molecule has 2 fully saturated rings. The summed E-state index contributed by atoms with van der Waals surface area (Å²) in [5.41, 5.74) is 7.69. The summed E-state index contributed by atoms with van der Waals surface area (Å²) in [6.45, 7) is 7.02. The summed E-state index contributed by atoms with van der Waals surface area (Å²) in [5, 5.41) is 16.3. The number of benzene rings is 2. The number of likely N-dealkylation sites (tertiary alicyclic amines) is 1. The normalized spacial score (nSPS) is 17.5. The number of ether oxygens (including phenoxy) is 1. The van der Waals surface area contributed by atoms with E-state index >= 15 is 0 Å². The number of amides is 1. The van der Waals surface area contributed by atoms with Gasteiger partial charge in [0, 0.05) is 48.0 Å². The minimum absolute atomic E-state index is 0.115. The Morgan fingerprint density at radius 1 is 1.07 bits per heavy atom. The van der Waals surface area contributed by atoms with Crippen LogP contribution in [0.2, 0.25) is 0 Å². The van der Waals surface area contributed by atoms with Gasteiger partial charge in [0.05, 0.1) is 42.3 Å². The number of hydrogen-bond donors (Lipinski definition) is 2. The average molecular weight is 589 g/mol. The van der Waals surface area contributed by atoms with Crippen molar-refractivity contribution >= 4 is 22.6 Å². The highest BCUT2D eigenvalue weighted by Crippen LogP contribution is 2.43. The van der Waals surface area contributed by atoms with Crippen molar-refractivity contribution < 1.29 is 14.6 Å². The first kappa shape index (κ1) is 27.1. The molecule has 0 unspecified atom stereocenters. The molecular formula is C35H36N6O3. The third-order valence-corrected chi connectivity index (χ3v) is 9.43. The first-order valence-electron chi connectivity index (χ1n) is 15.6. The number of aromatic amines is 1. The number of fused-ring (bicyclic) bond motifs is 2. The zero-order valence-corrected chi connectivity index (χ0v) is 25.0. The van der Waals surface area contributed by atoms with E-state index in [1.54, 1.807) is 11.1 Å². The predicted molar refractivity (Wildman–Crippen MR) is 170 cm³/mol. The van der Waals surface area contributed by atoms with Crippen LogP contribution >= 0.6 is 0 Å². The highest BCUT2D eigenvalue weighted by Gasteiger charge is 2.32. The molecule has 2 aliphatic heterocycles. The van der Waals surface area contributed by atoms with Crippen molar-refractivity contribution in [1.29, 1.82) is 0 Å². The van der Waals surface area contributed by atoms with Crippen molar-refractivity contribution in [2.75, 3.05) is 31.1 Å². The number of carbonyl (C=O) groups excluding carboxylic acids is 1. The Balaban J connectivity index is 1.13. The highest BCUT2D eigenvalue weighted by atomic mass is 16.5. The van der Waals surface area contributed by atoms with Gasteiger partial charge in [0.2, 0.25) is 0 Å². The second-order valence-corrected chi connectivity index (χ2v) is 12.5. The van der Waals surface area contributed by atoms with Gasteiger partial charge in [-0.25, -0.2) is 4.98 Å². The van der Waals surface area contributed by atoms with E-state index in [-0.39, 0.29) is 12.5 Å². The molecule has 1 amide bonds. The fraction of sp³-hybridized carbons (Fsp3) is 0.343. The van der Waals surface area contributed by atoms with Crippen molar-refractivity contribution in [1.82, 2.24) is 24.6 Å². The minimum atomic E-state index is -0.216. The van der Waals surface area contributed by atoms with Gasteiger partial charge in [-0.05, 0) is 79.6 Å². The van der Waals surface area contributed by atoms with Crippen LogP contribution in [0.3, 0.4) is 0 Å². The second kappa shape index (κ2) is 10.6. The predicted octanol–water partition coefficient (Wildman–Crippen LogP) is 5.77. The van der Waals surface area contributed by atoms with Gasteiger partial charge < -0.3 is 19.7 Å². The fourth-order valence-electron chi connectivity index (χ4n) is 6.65. The van der Waals surface area contributed by atoms with Gasteiger partial charge in [0.25, 0.3) is 5.91 Å². The average Bonchev–Trinajstić information content (AvgIpc) is 3.63. The molecule has 0 spiro atoms. The van der Waals surface area contributed by atoms with Crippen LogP contribution in [-0.4, -0.2) is 67.9 Å². The number of aliphatic hydroxyl groups excluding tert-OH is 1.